The summed E-state index contributed by atoms with van der Waals surface area (Å²) in [4.78, 5) is 13.1. The van der Waals surface area contributed by atoms with Gasteiger partial charge in [-0.15, -0.1) is 0 Å². The summed E-state index contributed by atoms with van der Waals surface area (Å²) >= 11 is 0. The van der Waals surface area contributed by atoms with Crippen LogP contribution in [0.15, 0.2) is 92.7 Å². The Morgan fingerprint density at radius 2 is 1.87 bits per heavy atom. The highest BCUT2D eigenvalue weighted by atomic mass is 16.3. The number of allylic oxidation sites excluding steroid dienone is 1. The van der Waals surface area contributed by atoms with E-state index in [0.717, 1.165) is 47.6 Å². The molecule has 0 saturated heterocycles. The molecule has 1 amide bonds. The van der Waals surface area contributed by atoms with E-state index in [-0.39, 0.29) is 17.9 Å². The number of carbonyl (C=O) groups excluding carboxylic acids is 1. The van der Waals surface area contributed by atoms with E-state index in [9.17, 15) is 4.79 Å². The molecule has 3 aromatic rings. The van der Waals surface area contributed by atoms with Crippen LogP contribution in [0, 0.1) is 5.92 Å². The molecular formula is C25H22N2O3. The molecule has 2 aromatic heterocycles. The van der Waals surface area contributed by atoms with Crippen LogP contribution in [-0.4, -0.2) is 16.6 Å². The van der Waals surface area contributed by atoms with E-state index in [0.29, 0.717) is 0 Å². The second kappa shape index (κ2) is 8.03. The predicted molar refractivity (Wildman–Crippen MR) is 115 cm³/mol. The van der Waals surface area contributed by atoms with E-state index in [1.54, 1.807) is 23.6 Å². The Balaban J connectivity index is 1.49. The Morgan fingerprint density at radius 3 is 2.63 bits per heavy atom. The summed E-state index contributed by atoms with van der Waals surface area (Å²) in [5, 5.41) is 6.38. The number of benzene rings is 1. The van der Waals surface area contributed by atoms with Crippen LogP contribution < -0.4 is 0 Å². The normalized spacial score (nSPS) is 22.5. The smallest absolute Gasteiger partial charge is 0.267 e. The van der Waals surface area contributed by atoms with Gasteiger partial charge in [0.15, 0.2) is 0 Å². The fraction of sp³-hybridized carbons (Fsp3) is 0.200. The lowest BCUT2D eigenvalue weighted by Crippen LogP contribution is -2.30. The number of amides is 1. The molecule has 0 N–H and O–H groups in total. The van der Waals surface area contributed by atoms with E-state index < -0.39 is 0 Å². The molecule has 5 heteroatoms. The molecule has 0 bridgehead atoms. The molecule has 1 aromatic carbocycles. The van der Waals surface area contributed by atoms with Crippen LogP contribution in [-0.2, 0) is 4.79 Å². The van der Waals surface area contributed by atoms with Crippen molar-refractivity contribution in [3.05, 3.63) is 95.9 Å². The van der Waals surface area contributed by atoms with Gasteiger partial charge in [0.2, 0.25) is 0 Å². The monoisotopic (exact) mass is 398 g/mol. The number of hydrogen-bond donors (Lipinski definition) is 0. The number of furan rings is 2. The van der Waals surface area contributed by atoms with Gasteiger partial charge in [0.1, 0.15) is 17.6 Å². The van der Waals surface area contributed by atoms with Gasteiger partial charge in [-0.05, 0) is 66.8 Å². The van der Waals surface area contributed by atoms with Crippen molar-refractivity contribution in [3.63, 3.8) is 0 Å². The van der Waals surface area contributed by atoms with Gasteiger partial charge in [0.25, 0.3) is 5.91 Å². The van der Waals surface area contributed by atoms with Gasteiger partial charge >= 0.3 is 0 Å². The first-order chi connectivity index (χ1) is 14.8. The second-order valence-corrected chi connectivity index (χ2v) is 7.56. The summed E-state index contributed by atoms with van der Waals surface area (Å²) in [5.74, 6) is 1.52. The fourth-order valence-corrected chi connectivity index (χ4v) is 4.27. The number of carbonyl (C=O) groups is 1. The Kier molecular flexibility index (Phi) is 4.93. The van der Waals surface area contributed by atoms with E-state index in [1.807, 2.05) is 66.7 Å². The fourth-order valence-electron chi connectivity index (χ4n) is 4.27. The third kappa shape index (κ3) is 3.54. The molecule has 2 unspecified atom stereocenters. The minimum absolute atomic E-state index is 0.111. The first kappa shape index (κ1) is 18.4. The van der Waals surface area contributed by atoms with E-state index in [2.05, 4.69) is 0 Å². The lowest BCUT2D eigenvalue weighted by molar-refractivity contribution is -0.128. The van der Waals surface area contributed by atoms with Crippen LogP contribution in [0.3, 0.4) is 0 Å². The molecule has 1 aliphatic carbocycles. The van der Waals surface area contributed by atoms with E-state index >= 15 is 0 Å². The average Bonchev–Trinajstić information content (AvgIpc) is 3.53. The van der Waals surface area contributed by atoms with Gasteiger partial charge < -0.3 is 8.83 Å². The molecule has 3 heterocycles. The van der Waals surface area contributed by atoms with Crippen LogP contribution >= 0.6 is 0 Å². The Morgan fingerprint density at radius 1 is 1.03 bits per heavy atom. The standard InChI is InChI=1S/C25H22N2O3/c28-23(14-13-18-7-2-1-3-8-18)27-25(22-12-6-16-30-22)21-11-4-9-19(24(21)26-27)17-20-10-5-15-29-20/h1-3,5-8,10,12-17,21,25H,4,9,11H2. The summed E-state index contributed by atoms with van der Waals surface area (Å²) in [7, 11) is 0. The molecule has 1 aliphatic heterocycles. The first-order valence-corrected chi connectivity index (χ1v) is 10.2. The number of hydrazone groups is 1. The number of rotatable bonds is 4. The molecule has 0 spiro atoms. The maximum atomic E-state index is 13.1. The van der Waals surface area contributed by atoms with Gasteiger partial charge in [-0.2, -0.15) is 5.10 Å². The molecule has 30 heavy (non-hydrogen) atoms. The highest BCUT2D eigenvalue weighted by molar-refractivity contribution is 6.08. The van der Waals surface area contributed by atoms with Crippen LogP contribution in [0.4, 0.5) is 0 Å². The number of fused-ring (bicyclic) bond motifs is 1. The maximum Gasteiger partial charge on any atom is 0.267 e. The third-order valence-electron chi connectivity index (χ3n) is 5.64. The second-order valence-electron chi connectivity index (χ2n) is 7.56. The van der Waals surface area contributed by atoms with Crippen LogP contribution in [0.1, 0.15) is 42.4 Å². The van der Waals surface area contributed by atoms with Gasteiger partial charge in [-0.25, -0.2) is 5.01 Å². The highest BCUT2D eigenvalue weighted by Crippen LogP contribution is 2.44. The molecular weight excluding hydrogens is 376 g/mol. The molecule has 2 atom stereocenters. The summed E-state index contributed by atoms with van der Waals surface area (Å²) in [6.07, 6.45) is 11.7. The van der Waals surface area contributed by atoms with Crippen molar-refractivity contribution in [1.29, 1.82) is 0 Å². The van der Waals surface area contributed by atoms with Gasteiger partial charge in [-0.1, -0.05) is 30.3 Å². The van der Waals surface area contributed by atoms with Crippen molar-refractivity contribution in [1.82, 2.24) is 5.01 Å². The van der Waals surface area contributed by atoms with Crippen LogP contribution in [0.25, 0.3) is 12.2 Å². The Labute approximate surface area is 175 Å². The van der Waals surface area contributed by atoms with Crippen molar-refractivity contribution in [2.24, 2.45) is 11.0 Å². The van der Waals surface area contributed by atoms with Crippen LogP contribution in [0.2, 0.25) is 0 Å². The summed E-state index contributed by atoms with van der Waals surface area (Å²) in [6, 6.07) is 17.1. The quantitative estimate of drug-likeness (QED) is 0.529. The summed E-state index contributed by atoms with van der Waals surface area (Å²) in [5.41, 5.74) is 3.06. The van der Waals surface area contributed by atoms with Gasteiger partial charge in [-0.3, -0.25) is 4.79 Å². The zero-order valence-corrected chi connectivity index (χ0v) is 16.5. The molecule has 1 fully saturated rings. The Bertz CT molecular complexity index is 1090. The van der Waals surface area contributed by atoms with Gasteiger partial charge in [0, 0.05) is 12.0 Å². The average molecular weight is 398 g/mol. The number of hydrogen-bond acceptors (Lipinski definition) is 4. The molecule has 0 radical (unpaired) electrons. The predicted octanol–water partition coefficient (Wildman–Crippen LogP) is 5.71. The lowest BCUT2D eigenvalue weighted by atomic mass is 9.79. The van der Waals surface area contributed by atoms with Crippen molar-refractivity contribution in [2.75, 3.05) is 0 Å². The largest absolute Gasteiger partial charge is 0.467 e. The zero-order chi connectivity index (χ0) is 20.3. The molecule has 5 nitrogen and oxygen atoms in total. The lowest BCUT2D eigenvalue weighted by Gasteiger charge is -2.27. The zero-order valence-electron chi connectivity index (χ0n) is 16.5. The van der Waals surface area contributed by atoms with Crippen molar-refractivity contribution < 1.29 is 13.6 Å². The summed E-state index contributed by atoms with van der Waals surface area (Å²) in [6.45, 7) is 0. The van der Waals surface area contributed by atoms with Crippen molar-refractivity contribution >= 4 is 23.8 Å². The third-order valence-corrected chi connectivity index (χ3v) is 5.64. The minimum atomic E-state index is -0.233. The maximum absolute atomic E-state index is 13.1. The first-order valence-electron chi connectivity index (χ1n) is 10.2. The van der Waals surface area contributed by atoms with Gasteiger partial charge in [0.05, 0.1) is 18.2 Å². The number of nitrogens with zero attached hydrogens (tertiary/aromatic N) is 2. The van der Waals surface area contributed by atoms with Crippen molar-refractivity contribution in [2.45, 2.75) is 25.3 Å². The summed E-state index contributed by atoms with van der Waals surface area (Å²) < 4.78 is 11.2. The van der Waals surface area contributed by atoms with E-state index in [4.69, 9.17) is 13.9 Å². The van der Waals surface area contributed by atoms with E-state index in [1.165, 1.54) is 0 Å². The molecule has 150 valence electrons. The SMILES string of the molecule is O=C(C=Cc1ccccc1)N1N=C2C(=Cc3ccco3)CCCC2C1c1ccco1. The van der Waals surface area contributed by atoms with Crippen LogP contribution in [0.5, 0.6) is 0 Å². The molecule has 5 rings (SSSR count). The Hall–Kier alpha value is -3.60. The topological polar surface area (TPSA) is 59.0 Å². The molecule has 2 aliphatic rings. The minimum Gasteiger partial charge on any atom is -0.467 e. The highest BCUT2D eigenvalue weighted by Gasteiger charge is 2.44. The van der Waals surface area contributed by atoms with Crippen molar-refractivity contribution in [3.8, 4) is 0 Å². The molecule has 1 saturated carbocycles.